The summed E-state index contributed by atoms with van der Waals surface area (Å²) in [5, 5.41) is 1.16. The molecule has 138 valence electrons. The van der Waals surface area contributed by atoms with Crippen molar-refractivity contribution in [3.63, 3.8) is 0 Å². The number of carbonyl (C=O) groups is 1. The maximum Gasteiger partial charge on any atom is 0.230 e. The highest BCUT2D eigenvalue weighted by atomic mass is 31.2. The van der Waals surface area contributed by atoms with Crippen LogP contribution in [0.2, 0.25) is 0 Å². The SMILES string of the molecule is CCc1c(C)cc(C)c(C(=O)P(=O)(c2ccccc2)c2ccccc2)c1C. The Morgan fingerprint density at radius 3 is 1.74 bits per heavy atom. The third-order valence-electron chi connectivity index (χ3n) is 5.22. The average Bonchev–Trinajstić information content (AvgIpc) is 2.68. The minimum absolute atomic E-state index is 0.274. The molecule has 0 aliphatic carbocycles. The van der Waals surface area contributed by atoms with E-state index in [1.807, 2.05) is 56.3 Å². The van der Waals surface area contributed by atoms with Crippen LogP contribution in [-0.4, -0.2) is 5.52 Å². The van der Waals surface area contributed by atoms with Gasteiger partial charge in [-0.15, -0.1) is 0 Å². The van der Waals surface area contributed by atoms with Crippen molar-refractivity contribution in [3.05, 3.63) is 94.5 Å². The summed E-state index contributed by atoms with van der Waals surface area (Å²) in [5.41, 5.74) is 4.51. The van der Waals surface area contributed by atoms with E-state index < -0.39 is 7.14 Å². The smallest absolute Gasteiger partial charge is 0.230 e. The summed E-state index contributed by atoms with van der Waals surface area (Å²) in [4.78, 5) is 13.8. The molecule has 0 saturated heterocycles. The predicted molar refractivity (Wildman–Crippen MR) is 114 cm³/mol. The first kappa shape index (κ1) is 19.3. The zero-order valence-electron chi connectivity index (χ0n) is 16.3. The molecular formula is C24H25O2P. The van der Waals surface area contributed by atoms with Gasteiger partial charge in [-0.2, -0.15) is 0 Å². The van der Waals surface area contributed by atoms with Crippen molar-refractivity contribution in [3.8, 4) is 0 Å². The van der Waals surface area contributed by atoms with Gasteiger partial charge >= 0.3 is 0 Å². The summed E-state index contributed by atoms with van der Waals surface area (Å²) in [6, 6.07) is 20.3. The maximum atomic E-state index is 14.4. The fourth-order valence-electron chi connectivity index (χ4n) is 3.92. The number of carbonyl (C=O) groups excluding carboxylic acids is 1. The molecule has 0 aromatic heterocycles. The molecule has 0 fully saturated rings. The van der Waals surface area contributed by atoms with Crippen LogP contribution in [0.3, 0.4) is 0 Å². The van der Waals surface area contributed by atoms with E-state index >= 15 is 0 Å². The van der Waals surface area contributed by atoms with Gasteiger partial charge in [-0.05, 0) is 49.4 Å². The molecule has 0 bridgehead atoms. The van der Waals surface area contributed by atoms with Crippen LogP contribution in [0.4, 0.5) is 0 Å². The van der Waals surface area contributed by atoms with E-state index in [1.165, 1.54) is 5.56 Å². The van der Waals surface area contributed by atoms with E-state index in [4.69, 9.17) is 0 Å². The first-order chi connectivity index (χ1) is 12.9. The van der Waals surface area contributed by atoms with Gasteiger partial charge in [0.1, 0.15) is 0 Å². The molecule has 2 nitrogen and oxygen atoms in total. The summed E-state index contributed by atoms with van der Waals surface area (Å²) in [7, 11) is -3.48. The molecule has 3 aromatic carbocycles. The van der Waals surface area contributed by atoms with Crippen LogP contribution in [0.1, 0.15) is 39.5 Å². The summed E-state index contributed by atoms with van der Waals surface area (Å²) in [6.45, 7) is 8.08. The molecule has 0 heterocycles. The fourth-order valence-corrected chi connectivity index (χ4v) is 6.53. The zero-order valence-corrected chi connectivity index (χ0v) is 17.2. The maximum absolute atomic E-state index is 14.4. The lowest BCUT2D eigenvalue weighted by Crippen LogP contribution is -2.24. The third-order valence-corrected chi connectivity index (χ3v) is 8.07. The third kappa shape index (κ3) is 3.31. The summed E-state index contributed by atoms with van der Waals surface area (Å²) < 4.78 is 14.4. The monoisotopic (exact) mass is 376 g/mol. The first-order valence-corrected chi connectivity index (χ1v) is 11.0. The molecule has 3 heteroatoms. The molecule has 0 amide bonds. The second-order valence-corrected chi connectivity index (χ2v) is 9.59. The van der Waals surface area contributed by atoms with Crippen molar-refractivity contribution < 1.29 is 9.36 Å². The van der Waals surface area contributed by atoms with Crippen LogP contribution < -0.4 is 10.6 Å². The quantitative estimate of drug-likeness (QED) is 0.564. The van der Waals surface area contributed by atoms with Gasteiger partial charge < -0.3 is 4.57 Å². The summed E-state index contributed by atoms with van der Waals surface area (Å²) in [6.07, 6.45) is 0.846. The minimum atomic E-state index is -3.48. The first-order valence-electron chi connectivity index (χ1n) is 9.27. The van der Waals surface area contributed by atoms with Gasteiger partial charge in [0, 0.05) is 16.2 Å². The number of benzene rings is 3. The predicted octanol–water partition coefficient (Wildman–Crippen LogP) is 5.33. The van der Waals surface area contributed by atoms with Gasteiger partial charge in [0.15, 0.2) is 0 Å². The Hall–Kier alpha value is -2.44. The van der Waals surface area contributed by atoms with Crippen molar-refractivity contribution in [1.82, 2.24) is 0 Å². The van der Waals surface area contributed by atoms with Crippen LogP contribution in [0, 0.1) is 20.8 Å². The lowest BCUT2D eigenvalue weighted by Gasteiger charge is -2.22. The Labute approximate surface area is 161 Å². The van der Waals surface area contributed by atoms with Crippen LogP contribution >= 0.6 is 7.14 Å². The molecule has 0 spiro atoms. The normalized spacial score (nSPS) is 11.4. The average molecular weight is 376 g/mol. The highest BCUT2D eigenvalue weighted by molar-refractivity contribution is 7.93. The van der Waals surface area contributed by atoms with Crippen LogP contribution in [0.5, 0.6) is 0 Å². The number of aryl methyl sites for hydroxylation is 2. The van der Waals surface area contributed by atoms with Gasteiger partial charge in [-0.25, -0.2) is 0 Å². The molecule has 3 rings (SSSR count). The van der Waals surface area contributed by atoms with Crippen LogP contribution in [-0.2, 0) is 11.0 Å². The lowest BCUT2D eigenvalue weighted by atomic mass is 9.93. The summed E-state index contributed by atoms with van der Waals surface area (Å²) >= 11 is 0. The van der Waals surface area contributed by atoms with Gasteiger partial charge in [0.05, 0.1) is 0 Å². The second kappa shape index (κ2) is 7.66. The Bertz CT molecular complexity index is 978. The Balaban J connectivity index is 2.30. The molecule has 0 saturated carbocycles. The van der Waals surface area contributed by atoms with Gasteiger partial charge in [-0.3, -0.25) is 4.79 Å². The van der Waals surface area contributed by atoms with E-state index in [0.717, 1.165) is 23.1 Å². The zero-order chi connectivity index (χ0) is 19.6. The van der Waals surface area contributed by atoms with Gasteiger partial charge in [0.25, 0.3) is 0 Å². The van der Waals surface area contributed by atoms with E-state index in [2.05, 4.69) is 13.8 Å². The standard InChI is InChI=1S/C24H25O2P/c1-5-22-17(2)16-18(3)23(19(22)4)24(25)27(26,20-12-8-6-9-13-20)21-14-10-7-11-15-21/h6-16H,5H2,1-4H3. The van der Waals surface area contributed by atoms with Crippen molar-refractivity contribution in [2.24, 2.45) is 0 Å². The molecular weight excluding hydrogens is 351 g/mol. The molecule has 0 unspecified atom stereocenters. The lowest BCUT2D eigenvalue weighted by molar-refractivity contribution is 0.107. The molecule has 3 aromatic rings. The Kier molecular flexibility index (Phi) is 5.48. The highest BCUT2D eigenvalue weighted by Crippen LogP contribution is 2.48. The molecule has 27 heavy (non-hydrogen) atoms. The molecule has 0 radical (unpaired) electrons. The molecule has 0 aliphatic heterocycles. The van der Waals surface area contributed by atoms with Crippen molar-refractivity contribution >= 4 is 23.3 Å². The number of rotatable bonds is 5. The second-order valence-electron chi connectivity index (χ2n) is 6.93. The van der Waals surface area contributed by atoms with Crippen LogP contribution in [0.25, 0.3) is 0 Å². The highest BCUT2D eigenvalue weighted by Gasteiger charge is 2.38. The fraction of sp³-hybridized carbons (Fsp3) is 0.208. The largest absolute Gasteiger partial charge is 0.305 e. The Morgan fingerprint density at radius 2 is 1.30 bits per heavy atom. The van der Waals surface area contributed by atoms with E-state index in [0.29, 0.717) is 16.2 Å². The van der Waals surface area contributed by atoms with E-state index in [-0.39, 0.29) is 5.52 Å². The van der Waals surface area contributed by atoms with Crippen LogP contribution in [0.15, 0.2) is 66.7 Å². The van der Waals surface area contributed by atoms with Crippen molar-refractivity contribution in [2.45, 2.75) is 34.1 Å². The van der Waals surface area contributed by atoms with Crippen molar-refractivity contribution in [2.75, 3.05) is 0 Å². The van der Waals surface area contributed by atoms with E-state index in [1.54, 1.807) is 24.3 Å². The molecule has 0 aliphatic rings. The summed E-state index contributed by atoms with van der Waals surface area (Å²) in [5.74, 6) is 0. The van der Waals surface area contributed by atoms with Gasteiger partial charge in [-0.1, -0.05) is 73.7 Å². The van der Waals surface area contributed by atoms with Gasteiger partial charge in [0.2, 0.25) is 12.7 Å². The number of hydrogen-bond acceptors (Lipinski definition) is 2. The molecule has 0 atom stereocenters. The topological polar surface area (TPSA) is 34.1 Å². The minimum Gasteiger partial charge on any atom is -0.305 e. The number of hydrogen-bond donors (Lipinski definition) is 0. The van der Waals surface area contributed by atoms with Crippen molar-refractivity contribution in [1.29, 1.82) is 0 Å². The molecule has 0 N–H and O–H groups in total. The van der Waals surface area contributed by atoms with E-state index in [9.17, 15) is 9.36 Å². The Morgan fingerprint density at radius 1 is 0.815 bits per heavy atom.